The second-order valence-electron chi connectivity index (χ2n) is 8.23. The zero-order valence-corrected chi connectivity index (χ0v) is 20.4. The molecule has 0 radical (unpaired) electrons. The number of benzene rings is 1. The number of rotatable bonds is 3. The fraction of sp³-hybridized carbons (Fsp3) is 0.476. The summed E-state index contributed by atoms with van der Waals surface area (Å²) < 4.78 is 7.22. The molecule has 1 aromatic carbocycles. The normalized spacial score (nSPS) is 15.0. The van der Waals surface area contributed by atoms with Crippen LogP contribution in [0.2, 0.25) is 0 Å². The van der Waals surface area contributed by atoms with E-state index >= 15 is 0 Å². The Bertz CT molecular complexity index is 882. The minimum atomic E-state index is -0.487. The first kappa shape index (κ1) is 24.0. The molecular formula is C21H31IN6O2. The zero-order chi connectivity index (χ0) is 21.0. The second-order valence-corrected chi connectivity index (χ2v) is 8.23. The highest BCUT2D eigenvalue weighted by Crippen LogP contribution is 2.20. The van der Waals surface area contributed by atoms with E-state index in [9.17, 15) is 4.79 Å². The molecule has 0 aliphatic carbocycles. The van der Waals surface area contributed by atoms with Gasteiger partial charge in [-0.3, -0.25) is 4.68 Å². The number of halogens is 1. The summed E-state index contributed by atoms with van der Waals surface area (Å²) in [5, 5.41) is 4.22. The van der Waals surface area contributed by atoms with Crippen LogP contribution in [0.25, 0.3) is 11.1 Å². The Hall–Kier alpha value is -2.30. The molecule has 2 aromatic rings. The summed E-state index contributed by atoms with van der Waals surface area (Å²) in [6.07, 6.45) is 3.56. The van der Waals surface area contributed by atoms with Crippen LogP contribution in [0.5, 0.6) is 0 Å². The molecule has 1 amide bonds. The molecule has 9 heteroatoms. The standard InChI is InChI=1S/C21H30N6O2.HI/c1-21(2,3)29-20(28)27-10-8-26(9-11-27)19(22)23-13-16-6-5-7-17(12-16)18-14-24-25(4)15-18;/h5-7,12,14-15H,8-11,13H2,1-4H3,(H2,22,23);1H. The summed E-state index contributed by atoms with van der Waals surface area (Å²) in [6.45, 7) is 8.55. The lowest BCUT2D eigenvalue weighted by Crippen LogP contribution is -2.53. The fourth-order valence-electron chi connectivity index (χ4n) is 3.14. The summed E-state index contributed by atoms with van der Waals surface area (Å²) in [5.41, 5.74) is 8.98. The van der Waals surface area contributed by atoms with E-state index in [4.69, 9.17) is 10.5 Å². The molecule has 2 heterocycles. The van der Waals surface area contributed by atoms with E-state index < -0.39 is 5.60 Å². The molecule has 0 atom stereocenters. The number of amides is 1. The average molecular weight is 526 g/mol. The highest BCUT2D eigenvalue weighted by atomic mass is 127. The number of aromatic nitrogens is 2. The van der Waals surface area contributed by atoms with Crippen LogP contribution >= 0.6 is 24.0 Å². The van der Waals surface area contributed by atoms with Gasteiger partial charge in [0.15, 0.2) is 5.96 Å². The fourth-order valence-corrected chi connectivity index (χ4v) is 3.14. The molecule has 1 saturated heterocycles. The van der Waals surface area contributed by atoms with Gasteiger partial charge in [0.25, 0.3) is 0 Å². The minimum Gasteiger partial charge on any atom is -0.444 e. The maximum atomic E-state index is 12.2. The van der Waals surface area contributed by atoms with Crippen LogP contribution in [0.15, 0.2) is 41.7 Å². The van der Waals surface area contributed by atoms with E-state index in [2.05, 4.69) is 22.2 Å². The zero-order valence-electron chi connectivity index (χ0n) is 18.0. The van der Waals surface area contributed by atoms with Crippen LogP contribution in [-0.4, -0.2) is 63.4 Å². The van der Waals surface area contributed by atoms with Crippen LogP contribution in [-0.2, 0) is 18.3 Å². The van der Waals surface area contributed by atoms with Gasteiger partial charge in [-0.2, -0.15) is 5.10 Å². The third-order valence-corrected chi connectivity index (χ3v) is 4.64. The number of carbonyl (C=O) groups excluding carboxylic acids is 1. The molecule has 1 aliphatic heterocycles. The number of nitrogens with two attached hydrogens (primary N) is 1. The Balaban J connectivity index is 0.00000320. The van der Waals surface area contributed by atoms with Crippen molar-refractivity contribution in [3.63, 3.8) is 0 Å². The number of piperazine rings is 1. The predicted molar refractivity (Wildman–Crippen MR) is 129 cm³/mol. The van der Waals surface area contributed by atoms with Crippen molar-refractivity contribution in [3.05, 3.63) is 42.2 Å². The van der Waals surface area contributed by atoms with Crippen LogP contribution in [0.3, 0.4) is 0 Å². The van der Waals surface area contributed by atoms with E-state index in [1.165, 1.54) is 0 Å². The van der Waals surface area contributed by atoms with Gasteiger partial charge in [-0.1, -0.05) is 18.2 Å². The summed E-state index contributed by atoms with van der Waals surface area (Å²) in [4.78, 5) is 20.4. The molecule has 8 nitrogen and oxygen atoms in total. The largest absolute Gasteiger partial charge is 0.444 e. The average Bonchev–Trinajstić information content (AvgIpc) is 3.11. The van der Waals surface area contributed by atoms with Crippen molar-refractivity contribution >= 4 is 36.0 Å². The second kappa shape index (κ2) is 10.1. The van der Waals surface area contributed by atoms with Gasteiger partial charge >= 0.3 is 6.09 Å². The van der Waals surface area contributed by atoms with Gasteiger partial charge in [-0.05, 0) is 38.0 Å². The maximum absolute atomic E-state index is 12.2. The number of ether oxygens (including phenoxy) is 1. The number of carbonyl (C=O) groups is 1. The van der Waals surface area contributed by atoms with Crippen LogP contribution < -0.4 is 5.73 Å². The summed E-state index contributed by atoms with van der Waals surface area (Å²) >= 11 is 0. The lowest BCUT2D eigenvalue weighted by Gasteiger charge is -2.36. The number of guanidine groups is 1. The van der Waals surface area contributed by atoms with Gasteiger partial charge in [0.2, 0.25) is 0 Å². The topological polar surface area (TPSA) is 89.0 Å². The van der Waals surface area contributed by atoms with E-state index in [0.717, 1.165) is 16.7 Å². The van der Waals surface area contributed by atoms with Gasteiger partial charge in [0, 0.05) is 45.0 Å². The van der Waals surface area contributed by atoms with Crippen molar-refractivity contribution in [3.8, 4) is 11.1 Å². The van der Waals surface area contributed by atoms with Crippen molar-refractivity contribution in [2.24, 2.45) is 17.8 Å². The van der Waals surface area contributed by atoms with Crippen molar-refractivity contribution < 1.29 is 9.53 Å². The van der Waals surface area contributed by atoms with E-state index in [1.54, 1.807) is 9.58 Å². The van der Waals surface area contributed by atoms with Crippen molar-refractivity contribution in [1.82, 2.24) is 19.6 Å². The third kappa shape index (κ3) is 6.61. The third-order valence-electron chi connectivity index (χ3n) is 4.64. The predicted octanol–water partition coefficient (Wildman–Crippen LogP) is 3.07. The van der Waals surface area contributed by atoms with Crippen molar-refractivity contribution in [1.29, 1.82) is 0 Å². The Morgan fingerprint density at radius 2 is 1.83 bits per heavy atom. The first-order valence-corrected chi connectivity index (χ1v) is 9.82. The van der Waals surface area contributed by atoms with Crippen LogP contribution in [0, 0.1) is 0 Å². The van der Waals surface area contributed by atoms with Gasteiger partial charge in [-0.25, -0.2) is 9.79 Å². The monoisotopic (exact) mass is 526 g/mol. The van der Waals surface area contributed by atoms with Gasteiger partial charge < -0.3 is 20.3 Å². The smallest absolute Gasteiger partial charge is 0.410 e. The molecular weight excluding hydrogens is 495 g/mol. The number of aryl methyl sites for hydroxylation is 1. The molecule has 30 heavy (non-hydrogen) atoms. The van der Waals surface area contributed by atoms with Gasteiger partial charge in [0.1, 0.15) is 5.60 Å². The lowest BCUT2D eigenvalue weighted by atomic mass is 10.1. The van der Waals surface area contributed by atoms with E-state index in [-0.39, 0.29) is 30.1 Å². The number of hydrogen-bond acceptors (Lipinski definition) is 4. The molecule has 2 N–H and O–H groups in total. The molecule has 1 fully saturated rings. The number of nitrogens with zero attached hydrogens (tertiary/aromatic N) is 5. The molecule has 164 valence electrons. The maximum Gasteiger partial charge on any atom is 0.410 e. The summed E-state index contributed by atoms with van der Waals surface area (Å²) in [7, 11) is 1.90. The summed E-state index contributed by atoms with van der Waals surface area (Å²) in [5.74, 6) is 0.501. The SMILES string of the molecule is Cn1cc(-c2cccc(CN=C(N)N3CCN(C(=O)OC(C)(C)C)CC3)c2)cn1.I. The molecule has 0 bridgehead atoms. The Labute approximate surface area is 195 Å². The quantitative estimate of drug-likeness (QED) is 0.378. The molecule has 3 rings (SSSR count). The summed E-state index contributed by atoms with van der Waals surface area (Å²) in [6, 6.07) is 8.22. The number of hydrogen-bond donors (Lipinski definition) is 1. The first-order chi connectivity index (χ1) is 13.7. The van der Waals surface area contributed by atoms with Crippen LogP contribution in [0.1, 0.15) is 26.3 Å². The molecule has 1 aliphatic rings. The molecule has 1 aromatic heterocycles. The number of aliphatic imine (C=N–C) groups is 1. The van der Waals surface area contributed by atoms with Gasteiger partial charge in [0.05, 0.1) is 12.7 Å². The highest BCUT2D eigenvalue weighted by molar-refractivity contribution is 14.0. The van der Waals surface area contributed by atoms with Crippen molar-refractivity contribution in [2.45, 2.75) is 32.9 Å². The van der Waals surface area contributed by atoms with Crippen molar-refractivity contribution in [2.75, 3.05) is 26.2 Å². The molecule has 0 unspecified atom stereocenters. The molecule has 0 saturated carbocycles. The first-order valence-electron chi connectivity index (χ1n) is 9.82. The Morgan fingerprint density at radius 1 is 1.17 bits per heavy atom. The van der Waals surface area contributed by atoms with Crippen LogP contribution in [0.4, 0.5) is 4.79 Å². The minimum absolute atomic E-state index is 0. The lowest BCUT2D eigenvalue weighted by molar-refractivity contribution is 0.0186. The van der Waals surface area contributed by atoms with E-state index in [1.807, 2.05) is 57.2 Å². The Morgan fingerprint density at radius 3 is 2.43 bits per heavy atom. The highest BCUT2D eigenvalue weighted by Gasteiger charge is 2.26. The Kier molecular flexibility index (Phi) is 8.10. The van der Waals surface area contributed by atoms with Gasteiger partial charge in [-0.15, -0.1) is 24.0 Å². The molecule has 0 spiro atoms. The van der Waals surface area contributed by atoms with E-state index in [0.29, 0.717) is 38.7 Å².